The third-order valence-corrected chi connectivity index (χ3v) is 5.67. The number of thiophene rings is 1. The molecule has 31 heavy (non-hydrogen) atoms. The van der Waals surface area contributed by atoms with Gasteiger partial charge in [0.05, 0.1) is 22.7 Å². The Labute approximate surface area is 185 Å². The second-order valence-corrected chi connectivity index (χ2v) is 8.14. The van der Waals surface area contributed by atoms with Crippen LogP contribution in [0.5, 0.6) is 0 Å². The summed E-state index contributed by atoms with van der Waals surface area (Å²) in [6.45, 7) is 2.27. The zero-order valence-electron chi connectivity index (χ0n) is 17.6. The van der Waals surface area contributed by atoms with Crippen molar-refractivity contribution in [2.75, 3.05) is 26.0 Å². The maximum atomic E-state index is 12.7. The van der Waals surface area contributed by atoms with Gasteiger partial charge in [-0.05, 0) is 67.7 Å². The van der Waals surface area contributed by atoms with E-state index in [0.29, 0.717) is 12.2 Å². The molecule has 2 atom stereocenters. The number of rotatable bonds is 9. The van der Waals surface area contributed by atoms with E-state index < -0.39 is 4.92 Å². The molecular weight excluding hydrogens is 414 g/mol. The maximum Gasteiger partial charge on any atom is 0.293 e. The summed E-state index contributed by atoms with van der Waals surface area (Å²) in [7, 11) is 3.89. The highest BCUT2D eigenvalue weighted by atomic mass is 32.1. The number of benzene rings is 1. The number of carbonyl (C=O) groups excluding carboxylic acids is 1. The fourth-order valence-electron chi connectivity index (χ4n) is 3.24. The Kier molecular flexibility index (Phi) is 7.32. The summed E-state index contributed by atoms with van der Waals surface area (Å²) in [5.74, 6) is -0.352. The van der Waals surface area contributed by atoms with Gasteiger partial charge in [-0.15, -0.1) is 0 Å². The number of pyridine rings is 1. The van der Waals surface area contributed by atoms with Crippen LogP contribution in [0.15, 0.2) is 59.4 Å². The largest absolute Gasteiger partial charge is 0.371 e. The highest BCUT2D eigenvalue weighted by molar-refractivity contribution is 7.07. The molecule has 0 bridgehead atoms. The lowest BCUT2D eigenvalue weighted by Crippen LogP contribution is -2.34. The first-order chi connectivity index (χ1) is 14.9. The maximum absolute atomic E-state index is 12.7. The van der Waals surface area contributed by atoms with Crippen molar-refractivity contribution in [2.45, 2.75) is 19.0 Å². The molecule has 0 spiro atoms. The summed E-state index contributed by atoms with van der Waals surface area (Å²) < 4.78 is 0. The van der Waals surface area contributed by atoms with E-state index in [1.165, 1.54) is 6.07 Å². The number of hydrogen-bond acceptors (Lipinski definition) is 7. The van der Waals surface area contributed by atoms with E-state index in [4.69, 9.17) is 0 Å². The zero-order chi connectivity index (χ0) is 22.4. The number of anilines is 1. The van der Waals surface area contributed by atoms with Crippen LogP contribution in [-0.4, -0.2) is 41.4 Å². The molecule has 0 aliphatic heterocycles. The fraction of sp³-hybridized carbons (Fsp3) is 0.273. The molecule has 1 aromatic carbocycles. The number of nitro groups is 1. The average Bonchev–Trinajstić information content (AvgIpc) is 3.28. The molecule has 0 fully saturated rings. The number of likely N-dealkylation sites (N-methyl/N-ethyl adjacent to an activating group) is 1. The van der Waals surface area contributed by atoms with Gasteiger partial charge in [0.1, 0.15) is 5.69 Å². The Morgan fingerprint density at radius 3 is 2.68 bits per heavy atom. The molecule has 0 radical (unpaired) electrons. The average molecular weight is 440 g/mol. The van der Waals surface area contributed by atoms with Crippen molar-refractivity contribution in [2.24, 2.45) is 0 Å². The Morgan fingerprint density at radius 1 is 1.26 bits per heavy atom. The van der Waals surface area contributed by atoms with Crippen LogP contribution in [0.25, 0.3) is 0 Å². The first kappa shape index (κ1) is 22.4. The lowest BCUT2D eigenvalue weighted by atomic mass is 10.1. The van der Waals surface area contributed by atoms with Crippen molar-refractivity contribution in [3.05, 3.63) is 86.4 Å². The number of carbonyl (C=O) groups is 1. The molecule has 2 N–H and O–H groups in total. The zero-order valence-corrected chi connectivity index (χ0v) is 18.4. The number of nitrogens with one attached hydrogen (secondary N) is 2. The van der Waals surface area contributed by atoms with Crippen molar-refractivity contribution in [3.8, 4) is 0 Å². The van der Waals surface area contributed by atoms with Gasteiger partial charge in [-0.3, -0.25) is 19.9 Å². The molecule has 162 valence electrons. The van der Waals surface area contributed by atoms with Gasteiger partial charge in [0, 0.05) is 24.4 Å². The van der Waals surface area contributed by atoms with Crippen molar-refractivity contribution in [1.29, 1.82) is 0 Å². The molecule has 0 saturated heterocycles. The van der Waals surface area contributed by atoms with E-state index in [2.05, 4.69) is 15.6 Å². The summed E-state index contributed by atoms with van der Waals surface area (Å²) in [6, 6.07) is 11.8. The fourth-order valence-corrected chi connectivity index (χ4v) is 3.95. The summed E-state index contributed by atoms with van der Waals surface area (Å²) in [5.41, 5.74) is 2.30. The van der Waals surface area contributed by atoms with Crippen LogP contribution in [0, 0.1) is 10.1 Å². The Balaban J connectivity index is 1.74. The van der Waals surface area contributed by atoms with Gasteiger partial charge in [0.25, 0.3) is 11.6 Å². The third-order valence-electron chi connectivity index (χ3n) is 4.97. The SMILES string of the molecule is CC(Nc1ccc(C(=O)NCC(c2ccsc2)N(C)C)cc1[N+](=O)[O-])c1ccccn1. The van der Waals surface area contributed by atoms with Crippen molar-refractivity contribution >= 4 is 28.6 Å². The van der Waals surface area contributed by atoms with Crippen LogP contribution < -0.4 is 10.6 Å². The van der Waals surface area contributed by atoms with E-state index in [1.54, 1.807) is 29.7 Å². The lowest BCUT2D eigenvalue weighted by molar-refractivity contribution is -0.384. The third kappa shape index (κ3) is 5.65. The molecule has 2 heterocycles. The molecule has 3 aromatic rings. The van der Waals surface area contributed by atoms with E-state index in [9.17, 15) is 14.9 Å². The second-order valence-electron chi connectivity index (χ2n) is 7.36. The molecule has 2 aromatic heterocycles. The minimum atomic E-state index is -0.488. The standard InChI is InChI=1S/C22H25N5O3S/c1-15(18-6-4-5-10-23-18)25-19-8-7-16(12-20(19)27(29)30)22(28)24-13-21(26(2)3)17-9-11-31-14-17/h4-12,14-15,21,25H,13H2,1-3H3,(H,24,28). The molecule has 2 unspecified atom stereocenters. The van der Waals surface area contributed by atoms with Crippen molar-refractivity contribution < 1.29 is 9.72 Å². The Hall–Kier alpha value is -3.30. The van der Waals surface area contributed by atoms with Crippen LogP contribution in [0.3, 0.4) is 0 Å². The highest BCUT2D eigenvalue weighted by Crippen LogP contribution is 2.29. The van der Waals surface area contributed by atoms with Crippen LogP contribution in [0.4, 0.5) is 11.4 Å². The minimum Gasteiger partial charge on any atom is -0.371 e. The van der Waals surface area contributed by atoms with E-state index in [0.717, 1.165) is 11.3 Å². The number of nitrogens with zero attached hydrogens (tertiary/aromatic N) is 3. The summed E-state index contributed by atoms with van der Waals surface area (Å²) in [4.78, 5) is 30.1. The highest BCUT2D eigenvalue weighted by Gasteiger charge is 2.21. The van der Waals surface area contributed by atoms with Gasteiger partial charge < -0.3 is 15.5 Å². The van der Waals surface area contributed by atoms with E-state index in [1.807, 2.05) is 60.9 Å². The predicted molar refractivity (Wildman–Crippen MR) is 122 cm³/mol. The molecular formula is C22H25N5O3S. The molecule has 8 nitrogen and oxygen atoms in total. The van der Waals surface area contributed by atoms with Gasteiger partial charge in [-0.1, -0.05) is 6.07 Å². The Bertz CT molecular complexity index is 1020. The number of amides is 1. The summed E-state index contributed by atoms with van der Waals surface area (Å²) in [6.07, 6.45) is 1.67. The van der Waals surface area contributed by atoms with Gasteiger partial charge in [0.2, 0.25) is 0 Å². The number of nitro benzene ring substituents is 1. The topological polar surface area (TPSA) is 100 Å². The smallest absolute Gasteiger partial charge is 0.293 e. The van der Waals surface area contributed by atoms with Crippen LogP contribution in [-0.2, 0) is 0 Å². The van der Waals surface area contributed by atoms with Crippen LogP contribution in [0.2, 0.25) is 0 Å². The van der Waals surface area contributed by atoms with Crippen LogP contribution >= 0.6 is 11.3 Å². The van der Waals surface area contributed by atoms with Crippen molar-refractivity contribution in [1.82, 2.24) is 15.2 Å². The minimum absolute atomic E-state index is 0.0188. The van der Waals surface area contributed by atoms with E-state index in [-0.39, 0.29) is 29.2 Å². The molecule has 0 aliphatic carbocycles. The predicted octanol–water partition coefficient (Wildman–Crippen LogP) is 4.26. The molecule has 9 heteroatoms. The normalized spacial score (nSPS) is 12.9. The summed E-state index contributed by atoms with van der Waals surface area (Å²) in [5, 5.41) is 21.7. The first-order valence-corrected chi connectivity index (χ1v) is 10.7. The van der Waals surface area contributed by atoms with Gasteiger partial charge >= 0.3 is 0 Å². The first-order valence-electron chi connectivity index (χ1n) is 9.79. The van der Waals surface area contributed by atoms with Gasteiger partial charge in [0.15, 0.2) is 0 Å². The summed E-state index contributed by atoms with van der Waals surface area (Å²) >= 11 is 1.60. The number of aromatic nitrogens is 1. The molecule has 1 amide bonds. The second kappa shape index (κ2) is 10.1. The quantitative estimate of drug-likeness (QED) is 0.382. The molecule has 0 saturated carbocycles. The van der Waals surface area contributed by atoms with Gasteiger partial charge in [-0.25, -0.2) is 0 Å². The van der Waals surface area contributed by atoms with E-state index >= 15 is 0 Å². The molecule has 3 rings (SSSR count). The van der Waals surface area contributed by atoms with Gasteiger partial charge in [-0.2, -0.15) is 11.3 Å². The lowest BCUT2D eigenvalue weighted by Gasteiger charge is -2.24. The Morgan fingerprint density at radius 2 is 2.06 bits per heavy atom. The van der Waals surface area contributed by atoms with Crippen molar-refractivity contribution in [3.63, 3.8) is 0 Å². The number of hydrogen-bond donors (Lipinski definition) is 2. The van der Waals surface area contributed by atoms with Crippen LogP contribution in [0.1, 0.15) is 40.6 Å². The molecule has 0 aliphatic rings. The monoisotopic (exact) mass is 439 g/mol.